The summed E-state index contributed by atoms with van der Waals surface area (Å²) in [5, 5.41) is 4.17. The Morgan fingerprint density at radius 1 is 1.26 bits per heavy atom. The van der Waals surface area contributed by atoms with Gasteiger partial charge in [0.25, 0.3) is 5.56 Å². The number of halogens is 2. The van der Waals surface area contributed by atoms with E-state index in [-0.39, 0.29) is 10.0 Å². The summed E-state index contributed by atoms with van der Waals surface area (Å²) in [4.78, 5) is 12.0. The van der Waals surface area contributed by atoms with E-state index < -0.39 is 5.56 Å². The Balaban J connectivity index is 2.58. The van der Waals surface area contributed by atoms with Gasteiger partial charge in [-0.1, -0.05) is 43.1 Å². The molecule has 0 radical (unpaired) electrons. The molecule has 0 unspecified atom stereocenters. The van der Waals surface area contributed by atoms with Crippen molar-refractivity contribution in [2.24, 2.45) is 0 Å². The van der Waals surface area contributed by atoms with Gasteiger partial charge in [-0.25, -0.2) is 0 Å². The fraction of sp³-hybridized carbons (Fsp3) is 0.286. The van der Waals surface area contributed by atoms with E-state index in [0.717, 1.165) is 5.56 Å². The number of aryl methyl sites for hydroxylation is 1. The van der Waals surface area contributed by atoms with Gasteiger partial charge in [0.2, 0.25) is 0 Å². The molecule has 5 heteroatoms. The second kappa shape index (κ2) is 5.35. The molecule has 0 aliphatic carbocycles. The highest BCUT2D eigenvalue weighted by atomic mass is 35.5. The lowest BCUT2D eigenvalue weighted by atomic mass is 9.98. The van der Waals surface area contributed by atoms with Crippen molar-refractivity contribution in [1.29, 1.82) is 0 Å². The average Bonchev–Trinajstić information content (AvgIpc) is 2.35. The van der Waals surface area contributed by atoms with Gasteiger partial charge in [0, 0.05) is 0 Å². The number of hydrogen-bond donors (Lipinski definition) is 0. The van der Waals surface area contributed by atoms with Gasteiger partial charge >= 0.3 is 0 Å². The molecule has 0 aliphatic heterocycles. The summed E-state index contributed by atoms with van der Waals surface area (Å²) in [7, 11) is 0. The lowest BCUT2D eigenvalue weighted by Gasteiger charge is -2.12. The third kappa shape index (κ3) is 2.67. The first kappa shape index (κ1) is 14.1. The van der Waals surface area contributed by atoms with Gasteiger partial charge in [0.1, 0.15) is 5.02 Å². The zero-order chi connectivity index (χ0) is 14.2. The van der Waals surface area contributed by atoms with Crippen molar-refractivity contribution in [3.05, 3.63) is 55.9 Å². The Hall–Kier alpha value is -1.32. The highest BCUT2D eigenvalue weighted by molar-refractivity contribution is 6.41. The van der Waals surface area contributed by atoms with Gasteiger partial charge in [-0.15, -0.1) is 0 Å². The van der Waals surface area contributed by atoms with E-state index in [2.05, 4.69) is 18.9 Å². The first-order valence-electron chi connectivity index (χ1n) is 5.96. The Bertz CT molecular complexity index is 678. The maximum atomic E-state index is 12.0. The molecule has 2 aromatic rings. The predicted octanol–water partition coefficient (Wildman–Crippen LogP) is 3.97. The maximum absolute atomic E-state index is 12.0. The normalized spacial score (nSPS) is 11.1. The van der Waals surface area contributed by atoms with E-state index in [1.807, 2.05) is 25.1 Å². The molecule has 100 valence electrons. The minimum Gasteiger partial charge on any atom is -0.266 e. The molecule has 0 N–H and O–H groups in total. The Morgan fingerprint density at radius 3 is 2.53 bits per heavy atom. The Morgan fingerprint density at radius 2 is 1.95 bits per heavy atom. The van der Waals surface area contributed by atoms with Crippen molar-refractivity contribution in [3.8, 4) is 5.69 Å². The van der Waals surface area contributed by atoms with Crippen molar-refractivity contribution < 1.29 is 0 Å². The quantitative estimate of drug-likeness (QED) is 0.840. The molecule has 0 saturated carbocycles. The zero-order valence-corrected chi connectivity index (χ0v) is 12.5. The minimum atomic E-state index is -0.411. The second-order valence-corrected chi connectivity index (χ2v) is 5.50. The molecule has 0 aliphatic rings. The van der Waals surface area contributed by atoms with Crippen LogP contribution >= 0.6 is 23.2 Å². The van der Waals surface area contributed by atoms with Crippen molar-refractivity contribution >= 4 is 23.2 Å². The topological polar surface area (TPSA) is 34.9 Å². The SMILES string of the molecule is Cc1cc(-n2ncc(Cl)c(Cl)c2=O)ccc1C(C)C. The second-order valence-electron chi connectivity index (χ2n) is 4.72. The molecule has 1 aromatic heterocycles. The number of aromatic nitrogens is 2. The smallest absolute Gasteiger partial charge is 0.266 e. The van der Waals surface area contributed by atoms with Crippen LogP contribution in [0.2, 0.25) is 10.0 Å². The highest BCUT2D eigenvalue weighted by Gasteiger charge is 2.10. The van der Waals surface area contributed by atoms with E-state index in [0.29, 0.717) is 11.6 Å². The number of hydrogen-bond acceptors (Lipinski definition) is 2. The maximum Gasteiger partial charge on any atom is 0.291 e. The van der Waals surface area contributed by atoms with Crippen LogP contribution in [-0.2, 0) is 0 Å². The van der Waals surface area contributed by atoms with E-state index >= 15 is 0 Å². The van der Waals surface area contributed by atoms with Gasteiger partial charge in [-0.05, 0) is 36.1 Å². The van der Waals surface area contributed by atoms with Crippen LogP contribution in [0.5, 0.6) is 0 Å². The number of rotatable bonds is 2. The predicted molar refractivity (Wildman–Crippen MR) is 78.7 cm³/mol. The Kier molecular flexibility index (Phi) is 3.97. The fourth-order valence-electron chi connectivity index (χ4n) is 2.04. The standard InChI is InChI=1S/C14H14Cl2N2O/c1-8(2)11-5-4-10(6-9(11)3)18-14(19)13(16)12(15)7-17-18/h4-8H,1-3H3. The van der Waals surface area contributed by atoms with Crippen LogP contribution in [0.1, 0.15) is 30.9 Å². The van der Waals surface area contributed by atoms with Crippen molar-refractivity contribution in [3.63, 3.8) is 0 Å². The van der Waals surface area contributed by atoms with Gasteiger partial charge in [0.15, 0.2) is 0 Å². The summed E-state index contributed by atoms with van der Waals surface area (Å²) >= 11 is 11.6. The largest absolute Gasteiger partial charge is 0.291 e. The molecule has 0 spiro atoms. The van der Waals surface area contributed by atoms with Crippen molar-refractivity contribution in [1.82, 2.24) is 9.78 Å². The van der Waals surface area contributed by atoms with Crippen LogP contribution in [0.25, 0.3) is 5.69 Å². The first-order chi connectivity index (χ1) is 8.91. The van der Waals surface area contributed by atoms with Crippen LogP contribution in [-0.4, -0.2) is 9.78 Å². The molecule has 1 heterocycles. The molecule has 1 aromatic carbocycles. The molecule has 0 fully saturated rings. The van der Waals surface area contributed by atoms with Crippen LogP contribution in [0, 0.1) is 6.92 Å². The van der Waals surface area contributed by atoms with Gasteiger partial charge in [-0.3, -0.25) is 4.79 Å². The zero-order valence-electron chi connectivity index (χ0n) is 10.9. The van der Waals surface area contributed by atoms with Gasteiger partial charge in [0.05, 0.1) is 16.9 Å². The van der Waals surface area contributed by atoms with Gasteiger partial charge in [-0.2, -0.15) is 9.78 Å². The van der Waals surface area contributed by atoms with Crippen molar-refractivity contribution in [2.75, 3.05) is 0 Å². The van der Waals surface area contributed by atoms with Crippen LogP contribution in [0.15, 0.2) is 29.2 Å². The molecular formula is C14H14Cl2N2O. The average molecular weight is 297 g/mol. The third-order valence-electron chi connectivity index (χ3n) is 3.00. The minimum absolute atomic E-state index is 0.0118. The van der Waals surface area contributed by atoms with Crippen LogP contribution < -0.4 is 5.56 Å². The lowest BCUT2D eigenvalue weighted by molar-refractivity contribution is 0.800. The highest BCUT2D eigenvalue weighted by Crippen LogP contribution is 2.22. The lowest BCUT2D eigenvalue weighted by Crippen LogP contribution is -2.21. The summed E-state index contributed by atoms with van der Waals surface area (Å²) in [5.74, 6) is 0.438. The number of benzene rings is 1. The molecule has 19 heavy (non-hydrogen) atoms. The molecule has 2 rings (SSSR count). The summed E-state index contributed by atoms with van der Waals surface area (Å²) in [6.07, 6.45) is 1.37. The monoisotopic (exact) mass is 296 g/mol. The molecule has 0 bridgehead atoms. The van der Waals surface area contributed by atoms with E-state index in [9.17, 15) is 4.79 Å². The molecule has 0 amide bonds. The van der Waals surface area contributed by atoms with Crippen molar-refractivity contribution in [2.45, 2.75) is 26.7 Å². The summed E-state index contributed by atoms with van der Waals surface area (Å²) in [6.45, 7) is 6.28. The molecule has 0 atom stereocenters. The number of nitrogens with zero attached hydrogens (tertiary/aromatic N) is 2. The summed E-state index contributed by atoms with van der Waals surface area (Å²) < 4.78 is 1.26. The first-order valence-corrected chi connectivity index (χ1v) is 6.71. The van der Waals surface area contributed by atoms with Crippen LogP contribution in [0.3, 0.4) is 0 Å². The van der Waals surface area contributed by atoms with E-state index in [4.69, 9.17) is 23.2 Å². The Labute approximate surface area is 121 Å². The van der Waals surface area contributed by atoms with Gasteiger partial charge < -0.3 is 0 Å². The fourth-order valence-corrected chi connectivity index (χ4v) is 2.29. The van der Waals surface area contributed by atoms with Crippen LogP contribution in [0.4, 0.5) is 0 Å². The van der Waals surface area contributed by atoms with E-state index in [1.165, 1.54) is 16.4 Å². The molecular weight excluding hydrogens is 283 g/mol. The summed E-state index contributed by atoms with van der Waals surface area (Å²) in [6, 6.07) is 5.79. The molecule has 3 nitrogen and oxygen atoms in total. The van der Waals surface area contributed by atoms with E-state index in [1.54, 1.807) is 0 Å². The summed E-state index contributed by atoms with van der Waals surface area (Å²) in [5.41, 5.74) is 2.64. The molecule has 0 saturated heterocycles. The third-order valence-corrected chi connectivity index (χ3v) is 3.74.